The van der Waals surface area contributed by atoms with E-state index >= 15 is 0 Å². The Labute approximate surface area is 154 Å². The summed E-state index contributed by atoms with van der Waals surface area (Å²) in [4.78, 5) is 28.7. The molecule has 1 N–H and O–H groups in total. The van der Waals surface area contributed by atoms with Crippen LogP contribution in [0.2, 0.25) is 0 Å². The Kier molecular flexibility index (Phi) is 5.39. The lowest BCUT2D eigenvalue weighted by Gasteiger charge is -2.17. The van der Waals surface area contributed by atoms with E-state index in [0.29, 0.717) is 30.8 Å². The van der Waals surface area contributed by atoms with Crippen LogP contribution in [0, 0.1) is 5.92 Å². The summed E-state index contributed by atoms with van der Waals surface area (Å²) in [5.41, 5.74) is 0.944. The fourth-order valence-electron chi connectivity index (χ4n) is 2.83. The molecular formula is C18H27N7O. The lowest BCUT2D eigenvalue weighted by molar-refractivity contribution is 0.229. The summed E-state index contributed by atoms with van der Waals surface area (Å²) in [6, 6.07) is 1.70. The summed E-state index contributed by atoms with van der Waals surface area (Å²) in [5.74, 6) is 1.78. The van der Waals surface area contributed by atoms with E-state index in [-0.39, 0.29) is 12.1 Å². The molecule has 0 saturated carbocycles. The zero-order chi connectivity index (χ0) is 18.7. The first kappa shape index (κ1) is 18.2. The van der Waals surface area contributed by atoms with Gasteiger partial charge in [-0.2, -0.15) is 4.98 Å². The van der Waals surface area contributed by atoms with Gasteiger partial charge in [-0.1, -0.05) is 13.8 Å². The van der Waals surface area contributed by atoms with Crippen LogP contribution in [0.5, 0.6) is 0 Å². The predicted octanol–water partition coefficient (Wildman–Crippen LogP) is 2.76. The number of hydrogen-bond donors (Lipinski definition) is 1. The highest BCUT2D eigenvalue weighted by Crippen LogP contribution is 2.20. The Morgan fingerprint density at radius 2 is 2.04 bits per heavy atom. The van der Waals surface area contributed by atoms with Crippen LogP contribution in [0.15, 0.2) is 24.8 Å². The number of likely N-dealkylation sites (N-methyl/N-ethyl adjacent to an activating group) is 1. The standard InChI is InChI=1S/C18H27N7O/c1-13(2)6-8-24-11-15(20-12-24)14(3)21-17-19-7-5-16(22-17)25-10-9-23(4)18(25)26/h5,7,11-14H,6,8-10H2,1-4H3,(H,19,21,22). The molecule has 1 unspecified atom stereocenters. The molecule has 2 aromatic rings. The molecule has 1 aliphatic heterocycles. The van der Waals surface area contributed by atoms with Crippen molar-refractivity contribution in [2.75, 3.05) is 30.4 Å². The third kappa shape index (κ3) is 4.12. The molecule has 2 aromatic heterocycles. The highest BCUT2D eigenvalue weighted by atomic mass is 16.2. The number of nitrogens with zero attached hydrogens (tertiary/aromatic N) is 6. The molecule has 3 heterocycles. The molecule has 0 bridgehead atoms. The molecule has 8 heteroatoms. The quantitative estimate of drug-likeness (QED) is 0.824. The summed E-state index contributed by atoms with van der Waals surface area (Å²) < 4.78 is 2.11. The van der Waals surface area contributed by atoms with Crippen LogP contribution in [-0.2, 0) is 6.54 Å². The summed E-state index contributed by atoms with van der Waals surface area (Å²) in [6.45, 7) is 8.77. The van der Waals surface area contributed by atoms with Crippen molar-refractivity contribution < 1.29 is 4.79 Å². The zero-order valence-electron chi connectivity index (χ0n) is 15.9. The number of aryl methyl sites for hydroxylation is 1. The van der Waals surface area contributed by atoms with Gasteiger partial charge in [0, 0.05) is 39.1 Å². The number of aromatic nitrogens is 4. The number of imidazole rings is 1. The summed E-state index contributed by atoms with van der Waals surface area (Å²) in [6.07, 6.45) is 6.72. The van der Waals surface area contributed by atoms with E-state index in [9.17, 15) is 4.79 Å². The topological polar surface area (TPSA) is 79.2 Å². The van der Waals surface area contributed by atoms with Gasteiger partial charge in [-0.15, -0.1) is 0 Å². The van der Waals surface area contributed by atoms with E-state index in [1.807, 2.05) is 13.3 Å². The van der Waals surface area contributed by atoms with Gasteiger partial charge in [-0.25, -0.2) is 14.8 Å². The normalized spacial score (nSPS) is 15.8. The number of hydrogen-bond acceptors (Lipinski definition) is 5. The van der Waals surface area contributed by atoms with Crippen molar-refractivity contribution in [3.05, 3.63) is 30.5 Å². The number of rotatable bonds is 7. The molecule has 0 spiro atoms. The van der Waals surface area contributed by atoms with Gasteiger partial charge in [0.1, 0.15) is 5.82 Å². The zero-order valence-corrected chi connectivity index (χ0v) is 15.9. The number of urea groups is 1. The van der Waals surface area contributed by atoms with Gasteiger partial charge in [-0.05, 0) is 25.3 Å². The second kappa shape index (κ2) is 7.72. The van der Waals surface area contributed by atoms with Gasteiger partial charge < -0.3 is 14.8 Å². The number of amides is 2. The van der Waals surface area contributed by atoms with Gasteiger partial charge in [-0.3, -0.25) is 4.90 Å². The Morgan fingerprint density at radius 1 is 1.23 bits per heavy atom. The lowest BCUT2D eigenvalue weighted by Crippen LogP contribution is -2.30. The SMILES string of the molecule is CC(C)CCn1cnc(C(C)Nc2nccc(N3CCN(C)C3=O)n2)c1. The smallest absolute Gasteiger partial charge is 0.325 e. The van der Waals surface area contributed by atoms with E-state index in [0.717, 1.165) is 18.7 Å². The molecule has 1 saturated heterocycles. The average Bonchev–Trinajstić information content (AvgIpc) is 3.21. The van der Waals surface area contributed by atoms with E-state index < -0.39 is 0 Å². The number of anilines is 2. The molecule has 140 valence electrons. The largest absolute Gasteiger partial charge is 0.346 e. The highest BCUT2D eigenvalue weighted by Gasteiger charge is 2.27. The summed E-state index contributed by atoms with van der Waals surface area (Å²) >= 11 is 0. The van der Waals surface area contributed by atoms with Gasteiger partial charge in [0.25, 0.3) is 0 Å². The Hall–Kier alpha value is -2.64. The second-order valence-electron chi connectivity index (χ2n) is 7.18. The lowest BCUT2D eigenvalue weighted by atomic mass is 10.1. The minimum absolute atomic E-state index is 0.0255. The van der Waals surface area contributed by atoms with E-state index in [4.69, 9.17) is 0 Å². The first-order chi connectivity index (χ1) is 12.4. The van der Waals surface area contributed by atoms with Crippen molar-refractivity contribution in [2.24, 2.45) is 5.92 Å². The van der Waals surface area contributed by atoms with E-state index in [1.54, 1.807) is 29.1 Å². The molecule has 0 aliphatic carbocycles. The minimum Gasteiger partial charge on any atom is -0.346 e. The van der Waals surface area contributed by atoms with Crippen LogP contribution in [0.4, 0.5) is 16.6 Å². The third-order valence-corrected chi connectivity index (χ3v) is 4.54. The second-order valence-corrected chi connectivity index (χ2v) is 7.18. The van der Waals surface area contributed by atoms with Crippen LogP contribution in [0.1, 0.15) is 38.9 Å². The van der Waals surface area contributed by atoms with Crippen molar-refractivity contribution in [1.82, 2.24) is 24.4 Å². The number of nitrogens with one attached hydrogen (secondary N) is 1. The first-order valence-electron chi connectivity index (χ1n) is 9.08. The van der Waals surface area contributed by atoms with Gasteiger partial charge in [0.15, 0.2) is 0 Å². The molecule has 1 atom stereocenters. The summed E-state index contributed by atoms with van der Waals surface area (Å²) in [5, 5.41) is 3.28. The maximum Gasteiger partial charge on any atom is 0.325 e. The molecule has 8 nitrogen and oxygen atoms in total. The minimum atomic E-state index is -0.0356. The van der Waals surface area contributed by atoms with Crippen molar-refractivity contribution in [1.29, 1.82) is 0 Å². The first-order valence-corrected chi connectivity index (χ1v) is 9.08. The summed E-state index contributed by atoms with van der Waals surface area (Å²) in [7, 11) is 1.79. The van der Waals surface area contributed by atoms with Crippen molar-refractivity contribution in [2.45, 2.75) is 39.8 Å². The van der Waals surface area contributed by atoms with Crippen molar-refractivity contribution in [3.8, 4) is 0 Å². The molecular weight excluding hydrogens is 330 g/mol. The molecule has 2 amide bonds. The molecule has 0 radical (unpaired) electrons. The van der Waals surface area contributed by atoms with Gasteiger partial charge in [0.05, 0.1) is 18.1 Å². The van der Waals surface area contributed by atoms with Crippen LogP contribution in [-0.4, -0.2) is 50.6 Å². The maximum absolute atomic E-state index is 12.1. The van der Waals surface area contributed by atoms with Crippen LogP contribution < -0.4 is 10.2 Å². The van der Waals surface area contributed by atoms with Crippen LogP contribution >= 0.6 is 0 Å². The van der Waals surface area contributed by atoms with Crippen molar-refractivity contribution in [3.63, 3.8) is 0 Å². The fraction of sp³-hybridized carbons (Fsp3) is 0.556. The Bertz CT molecular complexity index is 758. The van der Waals surface area contributed by atoms with Crippen LogP contribution in [0.3, 0.4) is 0 Å². The fourth-order valence-corrected chi connectivity index (χ4v) is 2.83. The van der Waals surface area contributed by atoms with E-state index in [2.05, 4.69) is 44.9 Å². The number of carbonyl (C=O) groups is 1. The highest BCUT2D eigenvalue weighted by molar-refractivity contribution is 5.93. The van der Waals surface area contributed by atoms with Crippen LogP contribution in [0.25, 0.3) is 0 Å². The molecule has 3 rings (SSSR count). The molecule has 26 heavy (non-hydrogen) atoms. The predicted molar refractivity (Wildman–Crippen MR) is 101 cm³/mol. The van der Waals surface area contributed by atoms with Gasteiger partial charge >= 0.3 is 6.03 Å². The average molecular weight is 357 g/mol. The van der Waals surface area contributed by atoms with Gasteiger partial charge in [0.2, 0.25) is 5.95 Å². The van der Waals surface area contributed by atoms with Crippen molar-refractivity contribution >= 4 is 17.8 Å². The third-order valence-electron chi connectivity index (χ3n) is 4.54. The monoisotopic (exact) mass is 357 g/mol. The van der Waals surface area contributed by atoms with E-state index in [1.165, 1.54) is 0 Å². The molecule has 1 fully saturated rings. The number of carbonyl (C=O) groups excluding carboxylic acids is 1. The maximum atomic E-state index is 12.1. The Morgan fingerprint density at radius 3 is 2.73 bits per heavy atom. The molecule has 0 aromatic carbocycles. The molecule has 1 aliphatic rings. The Balaban J connectivity index is 1.65.